The van der Waals surface area contributed by atoms with Crippen LogP contribution in [0.5, 0.6) is 11.5 Å². The van der Waals surface area contributed by atoms with E-state index in [0.29, 0.717) is 17.9 Å². The van der Waals surface area contributed by atoms with Gasteiger partial charge in [-0.1, -0.05) is 30.7 Å². The van der Waals surface area contributed by atoms with Gasteiger partial charge in [-0.2, -0.15) is 0 Å². The van der Waals surface area contributed by atoms with E-state index in [1.807, 2.05) is 19.9 Å². The molecule has 9 nitrogen and oxygen atoms in total. The first kappa shape index (κ1) is 29.3. The molecule has 198 valence electrons. The van der Waals surface area contributed by atoms with Crippen LogP contribution < -0.4 is 19.1 Å². The number of rotatable bonds is 12. The lowest BCUT2D eigenvalue weighted by Crippen LogP contribution is -2.53. The van der Waals surface area contributed by atoms with Crippen LogP contribution in [0.2, 0.25) is 5.02 Å². The van der Waals surface area contributed by atoms with Crippen molar-refractivity contribution in [2.75, 3.05) is 31.3 Å². The number of benzene rings is 2. The molecule has 36 heavy (non-hydrogen) atoms. The molecule has 0 aliphatic carbocycles. The number of amides is 2. The molecule has 0 spiro atoms. The van der Waals surface area contributed by atoms with E-state index >= 15 is 0 Å². The molecule has 0 saturated carbocycles. The summed E-state index contributed by atoms with van der Waals surface area (Å²) >= 11 is 6.21. The normalized spacial score (nSPS) is 12.1. The van der Waals surface area contributed by atoms with Gasteiger partial charge in [-0.3, -0.25) is 13.9 Å². The van der Waals surface area contributed by atoms with E-state index in [0.717, 1.165) is 16.1 Å². The molecule has 2 aromatic carbocycles. The van der Waals surface area contributed by atoms with E-state index in [4.69, 9.17) is 21.1 Å². The molecule has 1 N–H and O–H groups in total. The van der Waals surface area contributed by atoms with Gasteiger partial charge >= 0.3 is 0 Å². The zero-order valence-electron chi connectivity index (χ0n) is 21.4. The molecule has 0 aliphatic rings. The van der Waals surface area contributed by atoms with Crippen molar-refractivity contribution in [2.45, 2.75) is 45.8 Å². The van der Waals surface area contributed by atoms with Gasteiger partial charge in [-0.15, -0.1) is 0 Å². The fourth-order valence-electron chi connectivity index (χ4n) is 3.69. The van der Waals surface area contributed by atoms with Crippen LogP contribution in [0.4, 0.5) is 5.69 Å². The second-order valence-corrected chi connectivity index (χ2v) is 10.9. The summed E-state index contributed by atoms with van der Waals surface area (Å²) in [5, 5.41) is 3.05. The Morgan fingerprint density at radius 3 is 2.31 bits per heavy atom. The first-order valence-electron chi connectivity index (χ1n) is 11.4. The van der Waals surface area contributed by atoms with Crippen LogP contribution in [-0.2, 0) is 26.2 Å². The van der Waals surface area contributed by atoms with Crippen molar-refractivity contribution in [1.29, 1.82) is 0 Å². The van der Waals surface area contributed by atoms with Crippen LogP contribution in [0.25, 0.3) is 0 Å². The van der Waals surface area contributed by atoms with E-state index in [9.17, 15) is 18.0 Å². The molecule has 0 radical (unpaired) electrons. The minimum absolute atomic E-state index is 0.0844. The average Bonchev–Trinajstić information content (AvgIpc) is 2.81. The second-order valence-electron chi connectivity index (χ2n) is 8.55. The number of carbonyl (C=O) groups is 2. The van der Waals surface area contributed by atoms with Crippen molar-refractivity contribution >= 4 is 39.1 Å². The Morgan fingerprint density at radius 1 is 1.08 bits per heavy atom. The van der Waals surface area contributed by atoms with Gasteiger partial charge in [0.2, 0.25) is 21.8 Å². The van der Waals surface area contributed by atoms with E-state index < -0.39 is 28.5 Å². The molecule has 0 heterocycles. The summed E-state index contributed by atoms with van der Waals surface area (Å²) in [4.78, 5) is 28.1. The minimum atomic E-state index is -3.87. The Hall–Kier alpha value is -2.98. The standard InChI is InChI=1S/C25H34ClN3O6S/c1-7-22(25(31)27-17(2)3)28(15-18-9-8-10-20(13-18)34-4)24(30)16-29(36(6,32)33)19-11-12-23(35-5)21(26)14-19/h8-14,17,22H,7,15-16H2,1-6H3,(H,27,31)/t22-/m0/s1. The highest BCUT2D eigenvalue weighted by Crippen LogP contribution is 2.30. The van der Waals surface area contributed by atoms with Crippen LogP contribution in [0.1, 0.15) is 32.8 Å². The third-order valence-electron chi connectivity index (χ3n) is 5.41. The van der Waals surface area contributed by atoms with Crippen LogP contribution >= 0.6 is 11.6 Å². The number of halogens is 1. The number of anilines is 1. The van der Waals surface area contributed by atoms with Gasteiger partial charge in [0.25, 0.3) is 0 Å². The second kappa shape index (κ2) is 12.8. The van der Waals surface area contributed by atoms with Gasteiger partial charge in [0.15, 0.2) is 0 Å². The number of hydrogen-bond acceptors (Lipinski definition) is 6. The van der Waals surface area contributed by atoms with E-state index in [2.05, 4.69) is 5.32 Å². The zero-order valence-corrected chi connectivity index (χ0v) is 23.0. The lowest BCUT2D eigenvalue weighted by Gasteiger charge is -2.33. The van der Waals surface area contributed by atoms with Crippen molar-refractivity contribution in [2.24, 2.45) is 0 Å². The maximum Gasteiger partial charge on any atom is 0.244 e. The van der Waals surface area contributed by atoms with Gasteiger partial charge in [0, 0.05) is 12.6 Å². The summed E-state index contributed by atoms with van der Waals surface area (Å²) in [6.45, 7) is 5.03. The lowest BCUT2D eigenvalue weighted by molar-refractivity contribution is -0.140. The SMILES string of the molecule is CC[C@@H](C(=O)NC(C)C)N(Cc1cccc(OC)c1)C(=O)CN(c1ccc(OC)c(Cl)c1)S(C)(=O)=O. The smallest absolute Gasteiger partial charge is 0.244 e. The Bertz CT molecular complexity index is 1170. The van der Waals surface area contributed by atoms with E-state index in [1.54, 1.807) is 25.1 Å². The van der Waals surface area contributed by atoms with Crippen LogP contribution in [0.3, 0.4) is 0 Å². The molecular weight excluding hydrogens is 506 g/mol. The molecule has 0 fully saturated rings. The maximum atomic E-state index is 13.7. The molecule has 2 amide bonds. The summed E-state index contributed by atoms with van der Waals surface area (Å²) in [6.07, 6.45) is 1.34. The average molecular weight is 540 g/mol. The molecule has 0 bridgehead atoms. The molecule has 0 unspecified atom stereocenters. The number of ether oxygens (including phenoxy) is 2. The third kappa shape index (κ3) is 7.76. The predicted octanol–water partition coefficient (Wildman–Crippen LogP) is 3.46. The Balaban J connectivity index is 2.48. The number of carbonyl (C=O) groups excluding carboxylic acids is 2. The Morgan fingerprint density at radius 2 is 1.78 bits per heavy atom. The summed E-state index contributed by atoms with van der Waals surface area (Å²) in [5.74, 6) is 0.115. The molecular formula is C25H34ClN3O6S. The highest BCUT2D eigenvalue weighted by Gasteiger charge is 2.32. The number of sulfonamides is 1. The lowest BCUT2D eigenvalue weighted by atomic mass is 10.1. The summed E-state index contributed by atoms with van der Waals surface area (Å²) < 4.78 is 36.8. The van der Waals surface area contributed by atoms with Crippen molar-refractivity contribution < 1.29 is 27.5 Å². The minimum Gasteiger partial charge on any atom is -0.497 e. The summed E-state index contributed by atoms with van der Waals surface area (Å²) in [6, 6.07) is 10.7. The highest BCUT2D eigenvalue weighted by molar-refractivity contribution is 7.92. The van der Waals surface area contributed by atoms with Crippen molar-refractivity contribution in [3.63, 3.8) is 0 Å². The molecule has 2 rings (SSSR count). The molecule has 2 aromatic rings. The summed E-state index contributed by atoms with van der Waals surface area (Å²) in [7, 11) is -0.887. The number of methoxy groups -OCH3 is 2. The van der Waals surface area contributed by atoms with Crippen molar-refractivity contribution in [1.82, 2.24) is 10.2 Å². The van der Waals surface area contributed by atoms with Crippen LogP contribution in [0, 0.1) is 0 Å². The third-order valence-corrected chi connectivity index (χ3v) is 6.84. The monoisotopic (exact) mass is 539 g/mol. The Labute approximate surface area is 218 Å². The van der Waals surface area contributed by atoms with E-state index in [1.165, 1.54) is 37.3 Å². The Kier molecular flexibility index (Phi) is 10.4. The molecule has 11 heteroatoms. The highest BCUT2D eigenvalue weighted by atomic mass is 35.5. The number of hydrogen-bond donors (Lipinski definition) is 1. The molecule has 0 saturated heterocycles. The quantitative estimate of drug-likeness (QED) is 0.443. The maximum absolute atomic E-state index is 13.7. The first-order valence-corrected chi connectivity index (χ1v) is 13.7. The van der Waals surface area contributed by atoms with Gasteiger partial charge in [0.05, 0.1) is 31.2 Å². The predicted molar refractivity (Wildman–Crippen MR) is 141 cm³/mol. The van der Waals surface area contributed by atoms with Gasteiger partial charge in [-0.05, 0) is 56.2 Å². The zero-order chi connectivity index (χ0) is 27.0. The van der Waals surface area contributed by atoms with Crippen molar-refractivity contribution in [3.8, 4) is 11.5 Å². The topological polar surface area (TPSA) is 105 Å². The van der Waals surface area contributed by atoms with Gasteiger partial charge < -0.3 is 19.7 Å². The van der Waals surface area contributed by atoms with Gasteiger partial charge in [-0.25, -0.2) is 8.42 Å². The largest absolute Gasteiger partial charge is 0.497 e. The molecule has 1 atom stereocenters. The van der Waals surface area contributed by atoms with Gasteiger partial charge in [0.1, 0.15) is 24.1 Å². The molecule has 0 aliphatic heterocycles. The molecule has 0 aromatic heterocycles. The fourth-order valence-corrected chi connectivity index (χ4v) is 4.79. The van der Waals surface area contributed by atoms with E-state index in [-0.39, 0.29) is 29.2 Å². The summed E-state index contributed by atoms with van der Waals surface area (Å²) in [5.41, 5.74) is 0.939. The first-order chi connectivity index (χ1) is 16.9. The van der Waals surface area contributed by atoms with Crippen molar-refractivity contribution in [3.05, 3.63) is 53.1 Å². The van der Waals surface area contributed by atoms with Crippen LogP contribution in [-0.4, -0.2) is 64.2 Å². The number of nitrogens with one attached hydrogen (secondary N) is 1. The van der Waals surface area contributed by atoms with Crippen LogP contribution in [0.15, 0.2) is 42.5 Å². The number of nitrogens with zero attached hydrogens (tertiary/aromatic N) is 2. The fraction of sp³-hybridized carbons (Fsp3) is 0.440.